The summed E-state index contributed by atoms with van der Waals surface area (Å²) in [6, 6.07) is 6.73. The van der Waals surface area contributed by atoms with Gasteiger partial charge in [0.05, 0.1) is 11.4 Å². The zero-order chi connectivity index (χ0) is 12.4. The number of anilines is 2. The average molecular weight is 233 g/mol. The van der Waals surface area contributed by atoms with Crippen LogP contribution in [-0.4, -0.2) is 31.1 Å². The second-order valence-electron chi connectivity index (χ2n) is 5.32. The molecule has 1 saturated heterocycles. The smallest absolute Gasteiger partial charge is 0.0579 e. The highest BCUT2D eigenvalue weighted by Crippen LogP contribution is 2.26. The Morgan fingerprint density at radius 3 is 2.88 bits per heavy atom. The van der Waals surface area contributed by atoms with Crippen molar-refractivity contribution in [3.63, 3.8) is 0 Å². The summed E-state index contributed by atoms with van der Waals surface area (Å²) in [4.78, 5) is 2.39. The first-order chi connectivity index (χ1) is 8.08. The SMILES string of the molecule is Cc1cccc(NC2CCN(C)CC2C)c1N. The molecule has 0 bridgehead atoms. The van der Waals surface area contributed by atoms with Crippen molar-refractivity contribution in [3.8, 4) is 0 Å². The molecule has 3 nitrogen and oxygen atoms in total. The van der Waals surface area contributed by atoms with E-state index in [0.717, 1.165) is 30.0 Å². The Balaban J connectivity index is 2.08. The van der Waals surface area contributed by atoms with Crippen molar-refractivity contribution in [2.75, 3.05) is 31.2 Å². The lowest BCUT2D eigenvalue weighted by molar-refractivity contribution is 0.206. The molecular formula is C14H23N3. The molecule has 2 atom stereocenters. The van der Waals surface area contributed by atoms with E-state index in [0.29, 0.717) is 12.0 Å². The van der Waals surface area contributed by atoms with E-state index in [-0.39, 0.29) is 0 Å². The number of nitrogens with zero attached hydrogens (tertiary/aromatic N) is 1. The number of nitrogens with two attached hydrogens (primary N) is 1. The van der Waals surface area contributed by atoms with Crippen molar-refractivity contribution in [2.24, 2.45) is 5.92 Å². The minimum absolute atomic E-state index is 0.537. The highest BCUT2D eigenvalue weighted by molar-refractivity contribution is 5.69. The van der Waals surface area contributed by atoms with Gasteiger partial charge in [0.15, 0.2) is 0 Å². The third kappa shape index (κ3) is 2.72. The topological polar surface area (TPSA) is 41.3 Å². The first-order valence-corrected chi connectivity index (χ1v) is 6.38. The number of para-hydroxylation sites is 1. The van der Waals surface area contributed by atoms with E-state index in [2.05, 4.69) is 49.3 Å². The lowest BCUT2D eigenvalue weighted by Crippen LogP contribution is -2.43. The van der Waals surface area contributed by atoms with Crippen LogP contribution in [0, 0.1) is 12.8 Å². The molecule has 1 aromatic carbocycles. The molecule has 2 rings (SSSR count). The number of benzene rings is 1. The standard InChI is InChI=1S/C14H23N3/c1-10-5-4-6-13(14(10)15)16-12-7-8-17(3)9-11(12)2/h4-6,11-12,16H,7-9,15H2,1-3H3. The van der Waals surface area contributed by atoms with Gasteiger partial charge in [-0.25, -0.2) is 0 Å². The number of rotatable bonds is 2. The maximum absolute atomic E-state index is 6.10. The average Bonchev–Trinajstić information content (AvgIpc) is 2.28. The van der Waals surface area contributed by atoms with Gasteiger partial charge in [0.25, 0.3) is 0 Å². The Hall–Kier alpha value is -1.22. The van der Waals surface area contributed by atoms with Gasteiger partial charge in [0.2, 0.25) is 0 Å². The van der Waals surface area contributed by atoms with Crippen LogP contribution in [0.25, 0.3) is 0 Å². The largest absolute Gasteiger partial charge is 0.397 e. The third-order valence-corrected chi connectivity index (χ3v) is 3.77. The Bertz CT molecular complexity index is 389. The minimum Gasteiger partial charge on any atom is -0.397 e. The second-order valence-corrected chi connectivity index (χ2v) is 5.32. The molecule has 0 amide bonds. The van der Waals surface area contributed by atoms with Gasteiger partial charge in [-0.2, -0.15) is 0 Å². The summed E-state index contributed by atoms with van der Waals surface area (Å²) in [6.07, 6.45) is 1.19. The summed E-state index contributed by atoms with van der Waals surface area (Å²) in [5.41, 5.74) is 9.23. The van der Waals surface area contributed by atoms with Crippen LogP contribution < -0.4 is 11.1 Å². The summed E-state index contributed by atoms with van der Waals surface area (Å²) in [6.45, 7) is 6.68. The Kier molecular flexibility index (Phi) is 3.57. The van der Waals surface area contributed by atoms with Gasteiger partial charge >= 0.3 is 0 Å². The van der Waals surface area contributed by atoms with E-state index in [1.54, 1.807) is 0 Å². The number of hydrogen-bond acceptors (Lipinski definition) is 3. The predicted molar refractivity (Wildman–Crippen MR) is 74.3 cm³/mol. The Morgan fingerprint density at radius 2 is 2.18 bits per heavy atom. The van der Waals surface area contributed by atoms with Crippen molar-refractivity contribution in [1.29, 1.82) is 0 Å². The van der Waals surface area contributed by atoms with Crippen molar-refractivity contribution in [2.45, 2.75) is 26.3 Å². The predicted octanol–water partition coefficient (Wildman–Crippen LogP) is 2.33. The monoisotopic (exact) mass is 233 g/mol. The van der Waals surface area contributed by atoms with Crippen molar-refractivity contribution in [3.05, 3.63) is 23.8 Å². The third-order valence-electron chi connectivity index (χ3n) is 3.77. The molecular weight excluding hydrogens is 210 g/mol. The van der Waals surface area contributed by atoms with E-state index < -0.39 is 0 Å². The van der Waals surface area contributed by atoms with E-state index in [4.69, 9.17) is 5.73 Å². The molecule has 0 spiro atoms. The summed E-state index contributed by atoms with van der Waals surface area (Å²) in [7, 11) is 2.19. The number of nitrogen functional groups attached to an aromatic ring is 1. The molecule has 1 fully saturated rings. The van der Waals surface area contributed by atoms with E-state index in [9.17, 15) is 0 Å². The summed E-state index contributed by atoms with van der Waals surface area (Å²) < 4.78 is 0. The zero-order valence-electron chi connectivity index (χ0n) is 11.0. The summed E-state index contributed by atoms with van der Waals surface area (Å²) in [5.74, 6) is 0.661. The Labute approximate surface area is 104 Å². The number of hydrogen-bond donors (Lipinski definition) is 2. The van der Waals surface area contributed by atoms with Crippen LogP contribution in [0.3, 0.4) is 0 Å². The van der Waals surface area contributed by atoms with E-state index >= 15 is 0 Å². The molecule has 3 heteroatoms. The molecule has 94 valence electrons. The van der Waals surface area contributed by atoms with Crippen molar-refractivity contribution in [1.82, 2.24) is 4.90 Å². The number of aryl methyl sites for hydroxylation is 1. The molecule has 3 N–H and O–H groups in total. The summed E-state index contributed by atoms with van der Waals surface area (Å²) >= 11 is 0. The van der Waals surface area contributed by atoms with Crippen LogP contribution in [-0.2, 0) is 0 Å². The fourth-order valence-corrected chi connectivity index (χ4v) is 2.57. The normalized spacial score (nSPS) is 25.8. The molecule has 0 saturated carbocycles. The number of nitrogens with one attached hydrogen (secondary N) is 1. The number of likely N-dealkylation sites (tertiary alicyclic amines) is 1. The lowest BCUT2D eigenvalue weighted by atomic mass is 9.94. The van der Waals surface area contributed by atoms with Crippen LogP contribution in [0.15, 0.2) is 18.2 Å². The zero-order valence-corrected chi connectivity index (χ0v) is 11.0. The molecule has 2 unspecified atom stereocenters. The van der Waals surface area contributed by atoms with Gasteiger partial charge in [0, 0.05) is 12.6 Å². The van der Waals surface area contributed by atoms with Crippen LogP contribution in [0.5, 0.6) is 0 Å². The molecule has 0 aliphatic carbocycles. The number of piperidine rings is 1. The van der Waals surface area contributed by atoms with Crippen LogP contribution in [0.2, 0.25) is 0 Å². The van der Waals surface area contributed by atoms with Crippen LogP contribution in [0.1, 0.15) is 18.9 Å². The second kappa shape index (κ2) is 4.96. The quantitative estimate of drug-likeness (QED) is 0.770. The van der Waals surface area contributed by atoms with E-state index in [1.807, 2.05) is 0 Å². The van der Waals surface area contributed by atoms with Gasteiger partial charge in [-0.05, 0) is 44.5 Å². The van der Waals surface area contributed by atoms with Crippen LogP contribution >= 0.6 is 0 Å². The van der Waals surface area contributed by atoms with Crippen molar-refractivity contribution >= 4 is 11.4 Å². The minimum atomic E-state index is 0.537. The molecule has 17 heavy (non-hydrogen) atoms. The lowest BCUT2D eigenvalue weighted by Gasteiger charge is -2.36. The van der Waals surface area contributed by atoms with E-state index in [1.165, 1.54) is 6.42 Å². The van der Waals surface area contributed by atoms with Crippen molar-refractivity contribution < 1.29 is 0 Å². The fraction of sp³-hybridized carbons (Fsp3) is 0.571. The van der Waals surface area contributed by atoms with Gasteiger partial charge < -0.3 is 16.0 Å². The molecule has 1 aromatic rings. The van der Waals surface area contributed by atoms with Crippen LogP contribution in [0.4, 0.5) is 11.4 Å². The van der Waals surface area contributed by atoms with Gasteiger partial charge in [-0.3, -0.25) is 0 Å². The highest BCUT2D eigenvalue weighted by Gasteiger charge is 2.24. The summed E-state index contributed by atoms with van der Waals surface area (Å²) in [5, 5.41) is 3.61. The van der Waals surface area contributed by atoms with Gasteiger partial charge in [-0.1, -0.05) is 19.1 Å². The maximum atomic E-state index is 6.10. The van der Waals surface area contributed by atoms with Gasteiger partial charge in [-0.15, -0.1) is 0 Å². The molecule has 0 radical (unpaired) electrons. The first kappa shape index (κ1) is 12.2. The maximum Gasteiger partial charge on any atom is 0.0579 e. The molecule has 1 heterocycles. The molecule has 0 aromatic heterocycles. The Morgan fingerprint density at radius 1 is 1.41 bits per heavy atom. The molecule has 1 aliphatic rings. The highest BCUT2D eigenvalue weighted by atomic mass is 15.1. The molecule has 1 aliphatic heterocycles. The fourth-order valence-electron chi connectivity index (χ4n) is 2.57. The van der Waals surface area contributed by atoms with Gasteiger partial charge in [0.1, 0.15) is 0 Å². The first-order valence-electron chi connectivity index (χ1n) is 6.38.